The van der Waals surface area contributed by atoms with E-state index in [-0.39, 0.29) is 11.8 Å². The summed E-state index contributed by atoms with van der Waals surface area (Å²) < 4.78 is 17.2. The second-order valence-electron chi connectivity index (χ2n) is 8.81. The summed E-state index contributed by atoms with van der Waals surface area (Å²) in [6, 6.07) is 18.2. The zero-order chi connectivity index (χ0) is 25.2. The zero-order valence-electron chi connectivity index (χ0n) is 20.7. The molecule has 0 spiro atoms. The fraction of sp³-hybridized carbons (Fsp3) is 0.310. The first-order valence-corrected chi connectivity index (χ1v) is 12.3. The highest BCUT2D eigenvalue weighted by Gasteiger charge is 2.46. The molecule has 2 amide bonds. The molecule has 2 heterocycles. The number of hydrogen-bond donors (Lipinski definition) is 1. The summed E-state index contributed by atoms with van der Waals surface area (Å²) in [5.74, 6) is 1.00. The molecule has 2 atom stereocenters. The van der Waals surface area contributed by atoms with Gasteiger partial charge in [-0.1, -0.05) is 30.3 Å². The predicted octanol–water partition coefficient (Wildman–Crippen LogP) is 4.97. The van der Waals surface area contributed by atoms with E-state index >= 15 is 0 Å². The maximum atomic E-state index is 14.0. The number of hydrogen-bond acceptors (Lipinski definition) is 5. The maximum absolute atomic E-state index is 14.0. The Hall–Kier alpha value is -4.00. The minimum atomic E-state index is -0.615. The molecule has 0 radical (unpaired) electrons. The molecular formula is C29H30N2O5. The molecule has 0 aliphatic carbocycles. The molecule has 1 N–H and O–H groups in total. The topological polar surface area (TPSA) is 77.1 Å². The standard InChI is InChI=1S/C29H30N2O5/c1-4-35-24-16-18-14-15-31-27(21(18)17-25(24)36-5-2)26(19-10-6-7-11-20(19)29(31)33)28(32)30-22-12-8-9-13-23(22)34-3/h6-13,16-17,26-27H,4-5,14-15H2,1-3H3,(H,30,32)/t26-,27-/m1/s1. The fourth-order valence-electron chi connectivity index (χ4n) is 5.31. The third-order valence-corrected chi connectivity index (χ3v) is 6.83. The third kappa shape index (κ3) is 4.04. The van der Waals surface area contributed by atoms with Crippen molar-refractivity contribution in [1.82, 2.24) is 4.90 Å². The highest BCUT2D eigenvalue weighted by molar-refractivity contribution is 6.05. The molecule has 2 aliphatic rings. The van der Waals surface area contributed by atoms with Crippen molar-refractivity contribution in [2.75, 3.05) is 32.2 Å². The van der Waals surface area contributed by atoms with Gasteiger partial charge in [-0.2, -0.15) is 0 Å². The Kier molecular flexibility index (Phi) is 6.55. The number of benzene rings is 3. The molecule has 2 aliphatic heterocycles. The number of carbonyl (C=O) groups excluding carboxylic acids is 2. The van der Waals surface area contributed by atoms with Crippen LogP contribution in [-0.2, 0) is 11.2 Å². The second kappa shape index (κ2) is 9.93. The van der Waals surface area contributed by atoms with Crippen LogP contribution >= 0.6 is 0 Å². The van der Waals surface area contributed by atoms with E-state index in [0.717, 1.165) is 16.7 Å². The largest absolute Gasteiger partial charge is 0.495 e. The van der Waals surface area contributed by atoms with E-state index in [1.54, 1.807) is 19.2 Å². The quantitative estimate of drug-likeness (QED) is 0.510. The molecule has 0 bridgehead atoms. The molecule has 0 saturated heterocycles. The van der Waals surface area contributed by atoms with Crippen LogP contribution in [0.1, 0.15) is 52.9 Å². The first-order valence-electron chi connectivity index (χ1n) is 12.3. The zero-order valence-corrected chi connectivity index (χ0v) is 20.7. The van der Waals surface area contributed by atoms with Gasteiger partial charge in [-0.25, -0.2) is 0 Å². The fourth-order valence-corrected chi connectivity index (χ4v) is 5.31. The lowest BCUT2D eigenvalue weighted by Crippen LogP contribution is -2.49. The van der Waals surface area contributed by atoms with Gasteiger partial charge in [0.15, 0.2) is 11.5 Å². The van der Waals surface area contributed by atoms with Crippen LogP contribution in [0.2, 0.25) is 0 Å². The van der Waals surface area contributed by atoms with Gasteiger partial charge < -0.3 is 24.4 Å². The van der Waals surface area contributed by atoms with Gasteiger partial charge in [-0.3, -0.25) is 9.59 Å². The average Bonchev–Trinajstić information content (AvgIpc) is 2.90. The SMILES string of the molecule is CCOc1cc2c(cc1OCC)[C@@H]1[C@H](C(=O)Nc3ccccc3OC)c3ccccc3C(=O)N1CC2. The number of rotatable bonds is 7. The van der Waals surface area contributed by atoms with Crippen molar-refractivity contribution >= 4 is 17.5 Å². The summed E-state index contributed by atoms with van der Waals surface area (Å²) in [6.45, 7) is 5.37. The van der Waals surface area contributed by atoms with E-state index < -0.39 is 12.0 Å². The van der Waals surface area contributed by atoms with Crippen molar-refractivity contribution < 1.29 is 23.8 Å². The molecule has 3 aromatic rings. The van der Waals surface area contributed by atoms with Gasteiger partial charge >= 0.3 is 0 Å². The lowest BCUT2D eigenvalue weighted by atomic mass is 9.75. The van der Waals surface area contributed by atoms with Gasteiger partial charge in [0, 0.05) is 12.1 Å². The smallest absolute Gasteiger partial charge is 0.254 e. The normalized spacial score (nSPS) is 18.0. The van der Waals surface area contributed by atoms with Crippen LogP contribution in [0.15, 0.2) is 60.7 Å². The van der Waals surface area contributed by atoms with Crippen molar-refractivity contribution in [1.29, 1.82) is 0 Å². The summed E-state index contributed by atoms with van der Waals surface area (Å²) in [4.78, 5) is 29.4. The summed E-state index contributed by atoms with van der Waals surface area (Å²) in [5, 5.41) is 3.06. The molecule has 5 rings (SSSR count). The predicted molar refractivity (Wildman–Crippen MR) is 137 cm³/mol. The number of methoxy groups -OCH3 is 1. The molecule has 0 unspecified atom stereocenters. The highest BCUT2D eigenvalue weighted by Crippen LogP contribution is 2.48. The number of anilines is 1. The number of nitrogens with zero attached hydrogens (tertiary/aromatic N) is 1. The van der Waals surface area contributed by atoms with Gasteiger partial charge in [0.1, 0.15) is 5.75 Å². The monoisotopic (exact) mass is 486 g/mol. The number of amides is 2. The van der Waals surface area contributed by atoms with Gasteiger partial charge in [-0.15, -0.1) is 0 Å². The number of ether oxygens (including phenoxy) is 3. The van der Waals surface area contributed by atoms with Crippen molar-refractivity contribution in [2.45, 2.75) is 32.2 Å². The molecule has 0 aromatic heterocycles. The molecule has 0 fully saturated rings. The van der Waals surface area contributed by atoms with Crippen LogP contribution < -0.4 is 19.5 Å². The van der Waals surface area contributed by atoms with E-state index in [2.05, 4.69) is 5.32 Å². The Morgan fingerprint density at radius 2 is 1.64 bits per heavy atom. The molecule has 3 aromatic carbocycles. The summed E-state index contributed by atoms with van der Waals surface area (Å²) >= 11 is 0. The van der Waals surface area contributed by atoms with Crippen molar-refractivity contribution in [3.63, 3.8) is 0 Å². The molecule has 7 nitrogen and oxygen atoms in total. The molecule has 7 heteroatoms. The maximum Gasteiger partial charge on any atom is 0.254 e. The van der Waals surface area contributed by atoms with E-state index in [0.29, 0.717) is 54.7 Å². The lowest BCUT2D eigenvalue weighted by molar-refractivity contribution is -0.119. The Balaban J connectivity index is 1.64. The van der Waals surface area contributed by atoms with Crippen molar-refractivity contribution in [3.8, 4) is 17.2 Å². The first-order chi connectivity index (χ1) is 17.6. The van der Waals surface area contributed by atoms with Gasteiger partial charge in [0.05, 0.1) is 38.0 Å². The molecule has 0 saturated carbocycles. The minimum Gasteiger partial charge on any atom is -0.495 e. The highest BCUT2D eigenvalue weighted by atomic mass is 16.5. The van der Waals surface area contributed by atoms with E-state index in [1.807, 2.05) is 67.3 Å². The number of nitrogens with one attached hydrogen (secondary N) is 1. The summed E-state index contributed by atoms with van der Waals surface area (Å²) in [5.41, 5.74) is 3.84. The Morgan fingerprint density at radius 1 is 0.944 bits per heavy atom. The summed E-state index contributed by atoms with van der Waals surface area (Å²) in [7, 11) is 1.57. The Labute approximate surface area is 211 Å². The van der Waals surface area contributed by atoms with Crippen LogP contribution in [0.4, 0.5) is 5.69 Å². The molecule has 36 heavy (non-hydrogen) atoms. The Bertz CT molecular complexity index is 1300. The number of fused-ring (bicyclic) bond motifs is 4. The van der Waals surface area contributed by atoms with Crippen LogP contribution in [-0.4, -0.2) is 43.6 Å². The second-order valence-corrected chi connectivity index (χ2v) is 8.81. The average molecular weight is 487 g/mol. The van der Waals surface area contributed by atoms with Gasteiger partial charge in [0.2, 0.25) is 5.91 Å². The number of carbonyl (C=O) groups is 2. The molecular weight excluding hydrogens is 456 g/mol. The first kappa shape index (κ1) is 23.7. The number of para-hydroxylation sites is 2. The van der Waals surface area contributed by atoms with E-state index in [9.17, 15) is 9.59 Å². The van der Waals surface area contributed by atoms with Crippen LogP contribution in [0.3, 0.4) is 0 Å². The van der Waals surface area contributed by atoms with E-state index in [4.69, 9.17) is 14.2 Å². The Morgan fingerprint density at radius 3 is 2.39 bits per heavy atom. The minimum absolute atomic E-state index is 0.0607. The van der Waals surface area contributed by atoms with Crippen LogP contribution in [0, 0.1) is 0 Å². The summed E-state index contributed by atoms with van der Waals surface area (Å²) in [6.07, 6.45) is 0.674. The molecule has 186 valence electrons. The van der Waals surface area contributed by atoms with Crippen LogP contribution in [0.25, 0.3) is 0 Å². The van der Waals surface area contributed by atoms with Crippen molar-refractivity contribution in [2.24, 2.45) is 0 Å². The van der Waals surface area contributed by atoms with E-state index in [1.165, 1.54) is 0 Å². The lowest BCUT2D eigenvalue weighted by Gasteiger charge is -2.45. The van der Waals surface area contributed by atoms with Crippen molar-refractivity contribution in [3.05, 3.63) is 82.9 Å². The van der Waals surface area contributed by atoms with Gasteiger partial charge in [0.25, 0.3) is 5.91 Å². The van der Waals surface area contributed by atoms with Crippen LogP contribution in [0.5, 0.6) is 17.2 Å². The third-order valence-electron chi connectivity index (χ3n) is 6.83. The van der Waals surface area contributed by atoms with Gasteiger partial charge in [-0.05, 0) is 67.3 Å².